The van der Waals surface area contributed by atoms with E-state index in [4.69, 9.17) is 10.5 Å². The Bertz CT molecular complexity index is 1590. The summed E-state index contributed by atoms with van der Waals surface area (Å²) in [5, 5.41) is 2.89. The number of ether oxygens (including phenoxy) is 1. The second-order valence-corrected chi connectivity index (χ2v) is 13.1. The molecule has 2 amide bonds. The Morgan fingerprint density at radius 2 is 1.41 bits per heavy atom. The number of benzene rings is 2. The van der Waals surface area contributed by atoms with Gasteiger partial charge in [-0.2, -0.15) is 0 Å². The van der Waals surface area contributed by atoms with Crippen molar-refractivity contribution < 1.29 is 14.3 Å². The predicted molar refractivity (Wildman–Crippen MR) is 171 cm³/mol. The molecule has 10 heteroatoms. The molecule has 3 heterocycles. The van der Waals surface area contributed by atoms with Crippen LogP contribution in [0, 0.1) is 11.3 Å². The van der Waals surface area contributed by atoms with Crippen molar-refractivity contribution in [1.82, 2.24) is 30.2 Å². The summed E-state index contributed by atoms with van der Waals surface area (Å²) >= 11 is 0. The van der Waals surface area contributed by atoms with E-state index in [0.717, 1.165) is 45.9 Å². The molecule has 5 N–H and O–H groups in total. The summed E-state index contributed by atoms with van der Waals surface area (Å²) in [7, 11) is 0. The van der Waals surface area contributed by atoms with Gasteiger partial charge >= 0.3 is 6.09 Å². The van der Waals surface area contributed by atoms with E-state index >= 15 is 0 Å². The van der Waals surface area contributed by atoms with Gasteiger partial charge in [0.15, 0.2) is 5.60 Å². The molecule has 0 radical (unpaired) electrons. The van der Waals surface area contributed by atoms with Gasteiger partial charge < -0.3 is 30.7 Å². The van der Waals surface area contributed by atoms with Crippen molar-refractivity contribution in [2.45, 2.75) is 66.2 Å². The van der Waals surface area contributed by atoms with Crippen LogP contribution in [0.5, 0.6) is 0 Å². The predicted octanol–water partition coefficient (Wildman–Crippen LogP) is 6.05. The van der Waals surface area contributed by atoms with Crippen molar-refractivity contribution >= 4 is 12.0 Å². The third kappa shape index (κ3) is 6.55. The van der Waals surface area contributed by atoms with Crippen molar-refractivity contribution in [3.63, 3.8) is 0 Å². The van der Waals surface area contributed by atoms with Gasteiger partial charge in [-0.25, -0.2) is 14.8 Å². The largest absolute Gasteiger partial charge is 0.433 e. The molecule has 0 bridgehead atoms. The van der Waals surface area contributed by atoms with E-state index in [-0.39, 0.29) is 29.8 Å². The SMILES string of the molecule is CC(C)C(C)(OC(=O)N1CCC1)C(=O)NCc1ncc(-c2ccc(-c3ccc(-c4cnc([C@@H](N)C(C)(C)C)[nH]4)cc3)cc2)[nH]1. The molecule has 1 aliphatic rings. The van der Waals surface area contributed by atoms with Crippen LogP contribution in [0.3, 0.4) is 0 Å². The van der Waals surface area contributed by atoms with E-state index in [1.54, 1.807) is 18.0 Å². The molecule has 0 saturated carbocycles. The minimum atomic E-state index is -1.28. The third-order valence-electron chi connectivity index (χ3n) is 8.56. The molecule has 4 aromatic rings. The molecule has 2 aromatic carbocycles. The molecule has 1 saturated heterocycles. The Kier molecular flexibility index (Phi) is 8.65. The molecular formula is C34H43N7O3. The number of hydrogen-bond acceptors (Lipinski definition) is 6. The lowest BCUT2D eigenvalue weighted by Gasteiger charge is -2.37. The highest BCUT2D eigenvalue weighted by molar-refractivity contribution is 5.87. The molecule has 2 atom stereocenters. The van der Waals surface area contributed by atoms with Crippen molar-refractivity contribution in [2.75, 3.05) is 13.1 Å². The standard InChI is InChI=1S/C34H43N7O3/c1-21(2)34(6,44-32(43)41-16-7-17-41)31(42)38-20-28-36-18-26(39-28)24-12-8-22(9-13-24)23-10-14-25(15-11-23)27-19-37-30(40-27)29(35)33(3,4)5/h8-15,18-19,21,29H,7,16-17,20,35H2,1-6H3,(H,36,39)(H,37,40)(H,38,42)/t29-,34?/m1/s1. The summed E-state index contributed by atoms with van der Waals surface area (Å²) in [6, 6.07) is 16.4. The van der Waals surface area contributed by atoms with Crippen LogP contribution in [0.4, 0.5) is 4.79 Å². The number of rotatable bonds is 9. The van der Waals surface area contributed by atoms with E-state index in [0.29, 0.717) is 18.9 Å². The summed E-state index contributed by atoms with van der Waals surface area (Å²) in [6.07, 6.45) is 4.09. The van der Waals surface area contributed by atoms with Gasteiger partial charge in [-0.05, 0) is 41.0 Å². The van der Waals surface area contributed by atoms with E-state index in [9.17, 15) is 9.59 Å². The zero-order valence-corrected chi connectivity index (χ0v) is 26.4. The minimum absolute atomic E-state index is 0.0838. The van der Waals surface area contributed by atoms with Crippen LogP contribution in [0.1, 0.15) is 65.7 Å². The fraction of sp³-hybridized carbons (Fsp3) is 0.412. The molecule has 1 fully saturated rings. The number of nitrogens with two attached hydrogens (primary N) is 1. The Balaban J connectivity index is 1.20. The Morgan fingerprint density at radius 3 is 1.91 bits per heavy atom. The lowest BCUT2D eigenvalue weighted by Crippen LogP contribution is -2.54. The molecular weight excluding hydrogens is 554 g/mol. The number of nitrogens with zero attached hydrogens (tertiary/aromatic N) is 3. The molecule has 1 unspecified atom stereocenters. The monoisotopic (exact) mass is 597 g/mol. The van der Waals surface area contributed by atoms with Crippen molar-refractivity contribution in [1.29, 1.82) is 0 Å². The zero-order chi connectivity index (χ0) is 31.6. The number of likely N-dealkylation sites (tertiary alicyclic amines) is 1. The highest BCUT2D eigenvalue weighted by Crippen LogP contribution is 2.31. The maximum atomic E-state index is 13.1. The van der Waals surface area contributed by atoms with Gasteiger partial charge in [0, 0.05) is 19.0 Å². The second-order valence-electron chi connectivity index (χ2n) is 13.1. The summed E-state index contributed by atoms with van der Waals surface area (Å²) in [5.41, 5.74) is 11.0. The number of amides is 2. The molecule has 232 valence electrons. The van der Waals surface area contributed by atoms with Crippen molar-refractivity contribution in [3.8, 4) is 33.6 Å². The number of imidazole rings is 2. The number of aromatic nitrogens is 4. The molecule has 44 heavy (non-hydrogen) atoms. The van der Waals surface area contributed by atoms with Crippen molar-refractivity contribution in [3.05, 3.63) is 72.6 Å². The zero-order valence-electron chi connectivity index (χ0n) is 26.4. The first-order valence-corrected chi connectivity index (χ1v) is 15.2. The fourth-order valence-electron chi connectivity index (χ4n) is 4.85. The van der Waals surface area contributed by atoms with Crippen LogP contribution in [-0.2, 0) is 16.1 Å². The number of hydrogen-bond donors (Lipinski definition) is 4. The van der Waals surface area contributed by atoms with Gasteiger partial charge in [0.2, 0.25) is 0 Å². The molecule has 0 spiro atoms. The maximum absolute atomic E-state index is 13.1. The van der Waals surface area contributed by atoms with E-state index < -0.39 is 11.7 Å². The Labute approximate surface area is 258 Å². The summed E-state index contributed by atoms with van der Waals surface area (Å²) in [4.78, 5) is 42.7. The lowest BCUT2D eigenvalue weighted by molar-refractivity contribution is -0.144. The summed E-state index contributed by atoms with van der Waals surface area (Å²) in [6.45, 7) is 13.2. The Morgan fingerprint density at radius 1 is 0.886 bits per heavy atom. The van der Waals surface area contributed by atoms with Gasteiger partial charge in [0.1, 0.15) is 11.6 Å². The first-order chi connectivity index (χ1) is 20.8. The lowest BCUT2D eigenvalue weighted by atomic mass is 9.87. The first kappa shape index (κ1) is 31.0. The Hall–Kier alpha value is -4.44. The third-order valence-corrected chi connectivity index (χ3v) is 8.56. The molecule has 0 aliphatic carbocycles. The van der Waals surface area contributed by atoms with Crippen LogP contribution in [0.15, 0.2) is 60.9 Å². The van der Waals surface area contributed by atoms with Gasteiger partial charge in [-0.1, -0.05) is 83.1 Å². The summed E-state index contributed by atoms with van der Waals surface area (Å²) in [5.74, 6) is 0.841. The topological polar surface area (TPSA) is 142 Å². The van der Waals surface area contributed by atoms with Crippen LogP contribution in [0.25, 0.3) is 33.6 Å². The van der Waals surface area contributed by atoms with E-state index in [2.05, 4.69) is 82.4 Å². The molecule has 2 aromatic heterocycles. The smallest absolute Gasteiger partial charge is 0.410 e. The molecule has 5 rings (SSSR count). The van der Waals surface area contributed by atoms with Gasteiger partial charge in [0.05, 0.1) is 36.4 Å². The maximum Gasteiger partial charge on any atom is 0.410 e. The number of H-pyrrole nitrogens is 2. The number of carbonyl (C=O) groups excluding carboxylic acids is 2. The normalized spacial score (nSPS) is 15.4. The van der Waals surface area contributed by atoms with Crippen LogP contribution in [-0.4, -0.2) is 55.5 Å². The highest BCUT2D eigenvalue weighted by atomic mass is 16.6. The number of carbonyl (C=O) groups is 2. The van der Waals surface area contributed by atoms with Crippen molar-refractivity contribution in [2.24, 2.45) is 17.1 Å². The highest BCUT2D eigenvalue weighted by Gasteiger charge is 2.42. The van der Waals surface area contributed by atoms with Crippen LogP contribution < -0.4 is 11.1 Å². The minimum Gasteiger partial charge on any atom is -0.433 e. The summed E-state index contributed by atoms with van der Waals surface area (Å²) < 4.78 is 5.66. The average molecular weight is 598 g/mol. The second kappa shape index (κ2) is 12.3. The van der Waals surface area contributed by atoms with Crippen LogP contribution >= 0.6 is 0 Å². The molecule has 1 aliphatic heterocycles. The number of nitrogens with one attached hydrogen (secondary N) is 3. The average Bonchev–Trinajstić information content (AvgIpc) is 3.64. The van der Waals surface area contributed by atoms with E-state index in [1.807, 2.05) is 32.2 Å². The molecule has 10 nitrogen and oxygen atoms in total. The number of aromatic amines is 2. The quantitative estimate of drug-likeness (QED) is 0.185. The van der Waals surface area contributed by atoms with Gasteiger partial charge in [0.25, 0.3) is 5.91 Å². The van der Waals surface area contributed by atoms with E-state index in [1.165, 1.54) is 0 Å². The van der Waals surface area contributed by atoms with Crippen LogP contribution in [0.2, 0.25) is 0 Å². The van der Waals surface area contributed by atoms with Gasteiger partial charge in [-0.3, -0.25) is 4.79 Å². The van der Waals surface area contributed by atoms with Gasteiger partial charge in [-0.15, -0.1) is 0 Å². The first-order valence-electron chi connectivity index (χ1n) is 15.2. The fourth-order valence-corrected chi connectivity index (χ4v) is 4.85.